The van der Waals surface area contributed by atoms with E-state index in [0.29, 0.717) is 0 Å². The van der Waals surface area contributed by atoms with Gasteiger partial charge >= 0.3 is 0 Å². The Morgan fingerprint density at radius 1 is 1.27 bits per heavy atom. The summed E-state index contributed by atoms with van der Waals surface area (Å²) in [6, 6.07) is 1.99. The number of hydrogen-bond donors (Lipinski definition) is 1. The van der Waals surface area contributed by atoms with Gasteiger partial charge in [-0.25, -0.2) is 0 Å². The van der Waals surface area contributed by atoms with E-state index in [2.05, 4.69) is 12.0 Å². The second kappa shape index (κ2) is 2.85. The topological polar surface area (TPSA) is 38.0 Å². The quantitative estimate of drug-likeness (QED) is 0.805. The molecule has 0 saturated heterocycles. The highest BCUT2D eigenvalue weighted by Crippen LogP contribution is 2.43. The zero-order valence-corrected chi connectivity index (χ0v) is 9.24. The van der Waals surface area contributed by atoms with Crippen LogP contribution in [0.5, 0.6) is 0 Å². The first-order valence-electron chi connectivity index (χ1n) is 5.92. The maximum atomic E-state index is 10.4. The van der Waals surface area contributed by atoms with Crippen molar-refractivity contribution in [3.05, 3.63) is 18.0 Å². The average Bonchev–Trinajstić information content (AvgIpc) is 2.74. The summed E-state index contributed by atoms with van der Waals surface area (Å²) in [7, 11) is 0. The van der Waals surface area contributed by atoms with Crippen molar-refractivity contribution in [1.82, 2.24) is 9.78 Å². The number of aromatic nitrogens is 2. The van der Waals surface area contributed by atoms with Crippen LogP contribution in [-0.2, 0) is 11.1 Å². The highest BCUT2D eigenvalue weighted by Gasteiger charge is 2.42. The second-order valence-electron chi connectivity index (χ2n) is 5.38. The summed E-state index contributed by atoms with van der Waals surface area (Å²) in [5, 5.41) is 15.0. The lowest BCUT2D eigenvalue weighted by Crippen LogP contribution is -2.23. The third-order valence-corrected chi connectivity index (χ3v) is 4.02. The molecule has 0 radical (unpaired) electrons. The van der Waals surface area contributed by atoms with Gasteiger partial charge in [-0.2, -0.15) is 5.10 Å². The Morgan fingerprint density at radius 3 is 2.53 bits per heavy atom. The van der Waals surface area contributed by atoms with E-state index in [1.165, 1.54) is 12.8 Å². The van der Waals surface area contributed by atoms with E-state index in [0.717, 1.165) is 31.4 Å². The van der Waals surface area contributed by atoms with Crippen LogP contribution in [0, 0.1) is 0 Å². The van der Waals surface area contributed by atoms with Gasteiger partial charge in [-0.1, -0.05) is 12.8 Å². The fraction of sp³-hybridized carbons (Fsp3) is 0.750. The standard InChI is InChI=1S/C12H18N2O/c1-11(7-8-11)14-9-4-10(13-14)12(15)5-2-3-6-12/h4,9,15H,2-3,5-8H2,1H3. The van der Waals surface area contributed by atoms with Crippen molar-refractivity contribution in [3.63, 3.8) is 0 Å². The predicted molar refractivity (Wildman–Crippen MR) is 57.5 cm³/mol. The van der Waals surface area contributed by atoms with E-state index in [4.69, 9.17) is 0 Å². The van der Waals surface area contributed by atoms with E-state index in [1.54, 1.807) is 0 Å². The zero-order valence-electron chi connectivity index (χ0n) is 9.24. The minimum atomic E-state index is -0.628. The van der Waals surface area contributed by atoms with Crippen molar-refractivity contribution in [3.8, 4) is 0 Å². The molecule has 3 nitrogen and oxygen atoms in total. The molecule has 3 heteroatoms. The molecule has 0 aliphatic heterocycles. The lowest BCUT2D eigenvalue weighted by Gasteiger charge is -2.19. The molecule has 15 heavy (non-hydrogen) atoms. The number of nitrogens with zero attached hydrogens (tertiary/aromatic N) is 2. The summed E-state index contributed by atoms with van der Waals surface area (Å²) in [4.78, 5) is 0. The lowest BCUT2D eigenvalue weighted by molar-refractivity contribution is 0.0390. The van der Waals surface area contributed by atoms with Crippen molar-refractivity contribution >= 4 is 0 Å². The van der Waals surface area contributed by atoms with Gasteiger partial charge in [0.15, 0.2) is 0 Å². The Balaban J connectivity index is 1.90. The Bertz CT molecular complexity index is 373. The first-order chi connectivity index (χ1) is 7.12. The molecule has 1 aromatic heterocycles. The van der Waals surface area contributed by atoms with Gasteiger partial charge in [0.2, 0.25) is 0 Å². The van der Waals surface area contributed by atoms with Crippen LogP contribution in [0.1, 0.15) is 51.1 Å². The third kappa shape index (κ3) is 1.41. The predicted octanol–water partition coefficient (Wildman–Crippen LogP) is 2.15. The largest absolute Gasteiger partial charge is 0.383 e. The summed E-state index contributed by atoms with van der Waals surface area (Å²) >= 11 is 0. The molecule has 0 atom stereocenters. The molecule has 0 spiro atoms. The van der Waals surface area contributed by atoms with Crippen LogP contribution >= 0.6 is 0 Å². The summed E-state index contributed by atoms with van der Waals surface area (Å²) in [6.45, 7) is 2.22. The Labute approximate surface area is 90.1 Å². The minimum Gasteiger partial charge on any atom is -0.383 e. The van der Waals surface area contributed by atoms with Crippen molar-refractivity contribution in [2.75, 3.05) is 0 Å². The van der Waals surface area contributed by atoms with Gasteiger partial charge < -0.3 is 5.11 Å². The van der Waals surface area contributed by atoms with Gasteiger partial charge in [0, 0.05) is 6.20 Å². The molecule has 2 aliphatic carbocycles. The minimum absolute atomic E-state index is 0.243. The van der Waals surface area contributed by atoms with Gasteiger partial charge in [0.05, 0.1) is 11.2 Å². The van der Waals surface area contributed by atoms with Crippen LogP contribution in [0.25, 0.3) is 0 Å². The van der Waals surface area contributed by atoms with Gasteiger partial charge in [0.1, 0.15) is 5.60 Å². The molecule has 82 valence electrons. The number of rotatable bonds is 2. The van der Waals surface area contributed by atoms with E-state index >= 15 is 0 Å². The van der Waals surface area contributed by atoms with Crippen molar-refractivity contribution in [2.45, 2.75) is 56.6 Å². The molecule has 2 saturated carbocycles. The smallest absolute Gasteiger partial charge is 0.108 e. The Kier molecular flexibility index (Phi) is 1.78. The molecule has 0 aromatic carbocycles. The van der Waals surface area contributed by atoms with E-state index in [9.17, 15) is 5.11 Å². The zero-order chi connectivity index (χ0) is 10.5. The highest BCUT2D eigenvalue weighted by atomic mass is 16.3. The van der Waals surface area contributed by atoms with E-state index in [1.807, 2.05) is 16.9 Å². The van der Waals surface area contributed by atoms with Crippen LogP contribution in [0.2, 0.25) is 0 Å². The van der Waals surface area contributed by atoms with Crippen molar-refractivity contribution in [1.29, 1.82) is 0 Å². The number of hydrogen-bond acceptors (Lipinski definition) is 2. The molecule has 0 bridgehead atoms. The molecular formula is C12H18N2O. The third-order valence-electron chi connectivity index (χ3n) is 4.02. The van der Waals surface area contributed by atoms with Crippen LogP contribution in [0.15, 0.2) is 12.3 Å². The molecule has 0 amide bonds. The monoisotopic (exact) mass is 206 g/mol. The summed E-state index contributed by atoms with van der Waals surface area (Å²) in [6.07, 6.45) is 8.46. The van der Waals surface area contributed by atoms with Crippen LogP contribution in [0.3, 0.4) is 0 Å². The van der Waals surface area contributed by atoms with Gasteiger partial charge in [-0.15, -0.1) is 0 Å². The van der Waals surface area contributed by atoms with E-state index in [-0.39, 0.29) is 5.54 Å². The van der Waals surface area contributed by atoms with Crippen molar-refractivity contribution < 1.29 is 5.11 Å². The molecule has 0 unspecified atom stereocenters. The van der Waals surface area contributed by atoms with Gasteiger partial charge in [0.25, 0.3) is 0 Å². The molecule has 3 rings (SSSR count). The Hall–Kier alpha value is -0.830. The molecular weight excluding hydrogens is 188 g/mol. The molecule has 1 N–H and O–H groups in total. The average molecular weight is 206 g/mol. The summed E-state index contributed by atoms with van der Waals surface area (Å²) in [5.41, 5.74) is 0.497. The normalized spacial score (nSPS) is 26.8. The molecule has 1 heterocycles. The van der Waals surface area contributed by atoms with Crippen LogP contribution in [-0.4, -0.2) is 14.9 Å². The SMILES string of the molecule is CC1(n2ccc(C3(O)CCCC3)n2)CC1. The first-order valence-corrected chi connectivity index (χ1v) is 5.92. The summed E-state index contributed by atoms with van der Waals surface area (Å²) in [5.74, 6) is 0. The van der Waals surface area contributed by atoms with Crippen LogP contribution in [0.4, 0.5) is 0 Å². The fourth-order valence-electron chi connectivity index (χ4n) is 2.50. The first kappa shape index (κ1) is 9.40. The highest BCUT2D eigenvalue weighted by molar-refractivity contribution is 5.14. The maximum absolute atomic E-state index is 10.4. The summed E-state index contributed by atoms with van der Waals surface area (Å²) < 4.78 is 2.04. The fourth-order valence-corrected chi connectivity index (χ4v) is 2.50. The molecule has 1 aromatic rings. The van der Waals surface area contributed by atoms with E-state index < -0.39 is 5.60 Å². The van der Waals surface area contributed by atoms with Crippen LogP contribution < -0.4 is 0 Å². The second-order valence-corrected chi connectivity index (χ2v) is 5.38. The molecule has 2 aliphatic rings. The van der Waals surface area contributed by atoms with Crippen molar-refractivity contribution in [2.24, 2.45) is 0 Å². The van der Waals surface area contributed by atoms with Gasteiger partial charge in [-0.3, -0.25) is 4.68 Å². The Morgan fingerprint density at radius 2 is 1.93 bits per heavy atom. The van der Waals surface area contributed by atoms with Gasteiger partial charge in [-0.05, 0) is 38.7 Å². The maximum Gasteiger partial charge on any atom is 0.108 e. The lowest BCUT2D eigenvalue weighted by atomic mass is 9.99. The number of aliphatic hydroxyl groups is 1. The molecule has 2 fully saturated rings.